The standard InChI is InChI=1S/C28H34N2O3S2/c1-18(2)30(26(31)22-10-5-19(3)6-11-22)27-24(28(32)33-4)15-25(35-27)21-12-7-20(8-13-21)9-14-23-16-34-17-29-23/h7-8,12-13,15-19,22H,5-6,9-11,14H2,1-4H3. The second-order valence-electron chi connectivity index (χ2n) is 9.76. The van der Waals surface area contributed by atoms with Gasteiger partial charge in [0.25, 0.3) is 0 Å². The van der Waals surface area contributed by atoms with Gasteiger partial charge >= 0.3 is 5.97 Å². The maximum atomic E-state index is 13.6. The number of benzene rings is 1. The van der Waals surface area contributed by atoms with Crippen molar-refractivity contribution in [2.75, 3.05) is 12.0 Å². The average molecular weight is 511 g/mol. The number of hydrogen-bond donors (Lipinski definition) is 0. The van der Waals surface area contributed by atoms with Gasteiger partial charge in [0.05, 0.1) is 23.9 Å². The molecule has 186 valence electrons. The van der Waals surface area contributed by atoms with Crippen molar-refractivity contribution < 1.29 is 14.3 Å². The Morgan fingerprint density at radius 2 is 1.83 bits per heavy atom. The van der Waals surface area contributed by atoms with Crippen molar-refractivity contribution in [3.05, 3.63) is 58.0 Å². The summed E-state index contributed by atoms with van der Waals surface area (Å²) in [6, 6.07) is 10.3. The lowest BCUT2D eigenvalue weighted by Gasteiger charge is -2.33. The number of ether oxygens (including phenoxy) is 1. The minimum absolute atomic E-state index is 0.0154. The highest BCUT2D eigenvalue weighted by atomic mass is 32.1. The van der Waals surface area contributed by atoms with E-state index in [0.717, 1.165) is 54.7 Å². The molecule has 0 aliphatic heterocycles. The number of carbonyl (C=O) groups excluding carboxylic acids is 2. The molecule has 0 atom stereocenters. The first-order valence-electron chi connectivity index (χ1n) is 12.4. The van der Waals surface area contributed by atoms with Gasteiger partial charge in [-0.15, -0.1) is 22.7 Å². The third kappa shape index (κ3) is 6.01. The molecule has 35 heavy (non-hydrogen) atoms. The number of nitrogens with zero attached hydrogens (tertiary/aromatic N) is 2. The highest BCUT2D eigenvalue weighted by Crippen LogP contribution is 2.41. The number of anilines is 1. The lowest BCUT2D eigenvalue weighted by atomic mass is 9.82. The van der Waals surface area contributed by atoms with Crippen molar-refractivity contribution in [2.24, 2.45) is 11.8 Å². The van der Waals surface area contributed by atoms with Crippen molar-refractivity contribution >= 4 is 39.6 Å². The SMILES string of the molecule is COC(=O)c1cc(-c2ccc(CCc3cscn3)cc2)sc1N(C(=O)C1CCC(C)CC1)C(C)C. The highest BCUT2D eigenvalue weighted by Gasteiger charge is 2.33. The van der Waals surface area contributed by atoms with Crippen molar-refractivity contribution in [1.82, 2.24) is 4.98 Å². The van der Waals surface area contributed by atoms with E-state index in [1.165, 1.54) is 24.0 Å². The minimum Gasteiger partial charge on any atom is -0.465 e. The Morgan fingerprint density at radius 1 is 1.11 bits per heavy atom. The van der Waals surface area contributed by atoms with Crippen LogP contribution in [0.4, 0.5) is 5.00 Å². The summed E-state index contributed by atoms with van der Waals surface area (Å²) in [5.41, 5.74) is 5.73. The predicted octanol–water partition coefficient (Wildman–Crippen LogP) is 7.01. The van der Waals surface area contributed by atoms with Crippen LogP contribution in [0.25, 0.3) is 10.4 Å². The van der Waals surface area contributed by atoms with Crippen molar-refractivity contribution in [3.8, 4) is 10.4 Å². The zero-order valence-electron chi connectivity index (χ0n) is 21.0. The van der Waals surface area contributed by atoms with Crippen molar-refractivity contribution in [1.29, 1.82) is 0 Å². The van der Waals surface area contributed by atoms with Crippen molar-refractivity contribution in [3.63, 3.8) is 0 Å². The van der Waals surface area contributed by atoms with E-state index in [1.807, 2.05) is 30.3 Å². The summed E-state index contributed by atoms with van der Waals surface area (Å²) in [5.74, 6) is 0.414. The number of hydrogen-bond acceptors (Lipinski definition) is 6. The van der Waals surface area contributed by atoms with Crippen LogP contribution in [0.2, 0.25) is 0 Å². The number of rotatable bonds is 8. The summed E-state index contributed by atoms with van der Waals surface area (Å²) in [4.78, 5) is 33.5. The molecule has 1 aliphatic carbocycles. The quantitative estimate of drug-likeness (QED) is 0.306. The maximum Gasteiger partial charge on any atom is 0.340 e. The molecule has 0 bridgehead atoms. The first-order valence-corrected chi connectivity index (χ1v) is 14.1. The Hall–Kier alpha value is -2.51. The van der Waals surface area contributed by atoms with Gasteiger partial charge in [0.15, 0.2) is 0 Å². The van der Waals surface area contributed by atoms with Gasteiger partial charge in [-0.05, 0) is 75.5 Å². The van der Waals surface area contributed by atoms with E-state index >= 15 is 0 Å². The van der Waals surface area contributed by atoms with Gasteiger partial charge in [-0.25, -0.2) is 9.78 Å². The number of carbonyl (C=O) groups is 2. The fourth-order valence-corrected chi connectivity index (χ4v) is 6.60. The number of aromatic nitrogens is 1. The normalized spacial score (nSPS) is 18.0. The third-order valence-corrected chi connectivity index (χ3v) is 8.67. The fourth-order valence-electron chi connectivity index (χ4n) is 4.72. The van der Waals surface area contributed by atoms with Crippen molar-refractivity contribution in [2.45, 2.75) is 65.3 Å². The van der Waals surface area contributed by atoms with Gasteiger partial charge < -0.3 is 9.64 Å². The van der Waals surface area contributed by atoms with Gasteiger partial charge in [-0.2, -0.15) is 0 Å². The number of aryl methyl sites for hydroxylation is 2. The van der Waals surface area contributed by atoms with Crippen LogP contribution < -0.4 is 4.90 Å². The maximum absolute atomic E-state index is 13.6. The Kier molecular flexibility index (Phi) is 8.39. The number of amides is 1. The lowest BCUT2D eigenvalue weighted by Crippen LogP contribution is -2.42. The van der Waals surface area contributed by atoms with E-state index in [9.17, 15) is 9.59 Å². The molecule has 1 amide bonds. The molecule has 1 saturated carbocycles. The van der Waals surface area contributed by atoms with E-state index in [2.05, 4.69) is 41.6 Å². The van der Waals surface area contributed by atoms with E-state index in [0.29, 0.717) is 16.5 Å². The molecule has 2 heterocycles. The first kappa shape index (κ1) is 25.6. The number of thiophene rings is 1. The molecule has 2 aromatic heterocycles. The summed E-state index contributed by atoms with van der Waals surface area (Å²) in [7, 11) is 1.39. The molecule has 5 nitrogen and oxygen atoms in total. The molecule has 3 aromatic rings. The molecule has 0 N–H and O–H groups in total. The zero-order valence-corrected chi connectivity index (χ0v) is 22.6. The minimum atomic E-state index is -0.405. The van der Waals surface area contributed by atoms with Crippen LogP contribution in [0.1, 0.15) is 68.1 Å². The Bertz CT molecular complexity index is 1130. The fraction of sp³-hybridized carbons (Fsp3) is 0.464. The molecular formula is C28H34N2O3S2. The van der Waals surface area contributed by atoms with Gasteiger partial charge in [0, 0.05) is 22.2 Å². The smallest absolute Gasteiger partial charge is 0.340 e. The Balaban J connectivity index is 1.60. The summed E-state index contributed by atoms with van der Waals surface area (Å²) in [5, 5.41) is 2.78. The zero-order chi connectivity index (χ0) is 24.9. The first-order chi connectivity index (χ1) is 16.9. The number of thiazole rings is 1. The highest BCUT2D eigenvalue weighted by molar-refractivity contribution is 7.20. The molecule has 0 spiro atoms. The van der Waals surface area contributed by atoms with Gasteiger partial charge in [-0.3, -0.25) is 4.79 Å². The molecule has 1 aromatic carbocycles. The lowest BCUT2D eigenvalue weighted by molar-refractivity contribution is -0.123. The predicted molar refractivity (Wildman–Crippen MR) is 144 cm³/mol. The van der Waals surface area contributed by atoms with Crippen LogP contribution in [-0.2, 0) is 22.4 Å². The largest absolute Gasteiger partial charge is 0.465 e. The van der Waals surface area contributed by atoms with Crippen LogP contribution in [0.15, 0.2) is 41.2 Å². The molecule has 0 saturated heterocycles. The van der Waals surface area contributed by atoms with Gasteiger partial charge in [-0.1, -0.05) is 31.2 Å². The molecule has 0 radical (unpaired) electrons. The van der Waals surface area contributed by atoms with Crippen LogP contribution in [0.5, 0.6) is 0 Å². The van der Waals surface area contributed by atoms with E-state index in [1.54, 1.807) is 11.3 Å². The van der Waals surface area contributed by atoms with Gasteiger partial charge in [0.1, 0.15) is 5.00 Å². The van der Waals surface area contributed by atoms with Crippen LogP contribution in [-0.4, -0.2) is 30.0 Å². The molecule has 7 heteroatoms. The second-order valence-corrected chi connectivity index (χ2v) is 11.5. The summed E-state index contributed by atoms with van der Waals surface area (Å²) >= 11 is 3.12. The summed E-state index contributed by atoms with van der Waals surface area (Å²) < 4.78 is 5.11. The third-order valence-electron chi connectivity index (χ3n) is 6.85. The van der Waals surface area contributed by atoms with E-state index in [-0.39, 0.29) is 17.9 Å². The topological polar surface area (TPSA) is 59.5 Å². The van der Waals surface area contributed by atoms with Crippen LogP contribution >= 0.6 is 22.7 Å². The molecule has 4 rings (SSSR count). The van der Waals surface area contributed by atoms with Gasteiger partial charge in [0.2, 0.25) is 5.91 Å². The Morgan fingerprint density at radius 3 is 2.43 bits per heavy atom. The summed E-state index contributed by atoms with van der Waals surface area (Å²) in [6.07, 6.45) is 5.84. The second kappa shape index (κ2) is 11.5. The number of esters is 1. The molecule has 0 unspecified atom stereocenters. The molecular weight excluding hydrogens is 476 g/mol. The monoisotopic (exact) mass is 510 g/mol. The van der Waals surface area contributed by atoms with Crippen LogP contribution in [0.3, 0.4) is 0 Å². The molecule has 1 fully saturated rings. The molecule has 1 aliphatic rings. The summed E-state index contributed by atoms with van der Waals surface area (Å²) in [6.45, 7) is 6.29. The number of methoxy groups -OCH3 is 1. The van der Waals surface area contributed by atoms with E-state index < -0.39 is 5.97 Å². The Labute approximate surface area is 216 Å². The van der Waals surface area contributed by atoms with Crippen LogP contribution in [0, 0.1) is 11.8 Å². The van der Waals surface area contributed by atoms with E-state index in [4.69, 9.17) is 4.74 Å². The average Bonchev–Trinajstić information content (AvgIpc) is 3.53.